The zero-order valence-corrected chi connectivity index (χ0v) is 22.4. The monoisotopic (exact) mass is 517 g/mol. The fraction of sp³-hybridized carbons (Fsp3) is 0.500. The second-order valence-corrected chi connectivity index (χ2v) is 11.4. The van der Waals surface area contributed by atoms with Crippen molar-refractivity contribution in [3.8, 4) is 5.75 Å². The fourth-order valence-electron chi connectivity index (χ4n) is 5.84. The van der Waals surface area contributed by atoms with Gasteiger partial charge in [-0.2, -0.15) is 0 Å². The number of amidine groups is 1. The van der Waals surface area contributed by atoms with Crippen LogP contribution in [0.25, 0.3) is 0 Å². The molecule has 3 fully saturated rings. The summed E-state index contributed by atoms with van der Waals surface area (Å²) >= 11 is 0. The lowest BCUT2D eigenvalue weighted by molar-refractivity contribution is -0.133. The molecule has 1 aliphatic heterocycles. The van der Waals surface area contributed by atoms with Crippen molar-refractivity contribution in [2.75, 3.05) is 13.2 Å². The molecule has 1 saturated heterocycles. The second kappa shape index (κ2) is 10.4. The molecule has 2 saturated carbocycles. The van der Waals surface area contributed by atoms with Crippen LogP contribution in [0.2, 0.25) is 0 Å². The minimum Gasteiger partial charge on any atom is -0.494 e. The number of amides is 2. The molecule has 8 heteroatoms. The van der Waals surface area contributed by atoms with E-state index in [1.54, 1.807) is 0 Å². The summed E-state index contributed by atoms with van der Waals surface area (Å²) in [5, 5.41) is 2.80. The summed E-state index contributed by atoms with van der Waals surface area (Å²) in [6.07, 6.45) is 4.53. The fourth-order valence-corrected chi connectivity index (χ4v) is 5.84. The number of para-hydroxylation sites is 1. The SMILES string of the molecule is Cc1cc(CN)cc(C2(N=C(N)[C@@H]3C[C@]4(C)C[C@@H]4N3C(=O)CNC(=O)CCCOc3ccccc3)CC2)c1. The molecule has 2 aliphatic carbocycles. The standard InChI is InChI=1S/C30H39N5O3/c1-20-13-21(18-31)15-22(14-20)30(10-11-30)34-28(32)24-16-29(2)17-25(29)35(24)27(37)19-33-26(36)9-6-12-38-23-7-4-3-5-8-23/h3-5,7-8,13-15,24-25H,6,9-12,16-19,31H2,1-2H3,(H2,32,34)(H,33,36)/t24-,25-,29+/m0/s1. The zero-order chi connectivity index (χ0) is 26.9. The van der Waals surface area contributed by atoms with Gasteiger partial charge >= 0.3 is 0 Å². The molecular weight excluding hydrogens is 478 g/mol. The van der Waals surface area contributed by atoms with Gasteiger partial charge in [0, 0.05) is 19.0 Å². The highest BCUT2D eigenvalue weighted by molar-refractivity contribution is 5.94. The predicted octanol–water partition coefficient (Wildman–Crippen LogP) is 3.15. The molecule has 0 aromatic heterocycles. The molecule has 3 aliphatic rings. The first kappa shape index (κ1) is 26.2. The molecule has 5 rings (SSSR count). The van der Waals surface area contributed by atoms with E-state index in [2.05, 4.69) is 37.4 Å². The number of nitrogens with zero attached hydrogens (tertiary/aromatic N) is 2. The molecule has 1 heterocycles. The summed E-state index contributed by atoms with van der Waals surface area (Å²) in [6, 6.07) is 15.8. The van der Waals surface area contributed by atoms with Gasteiger partial charge in [0.25, 0.3) is 0 Å². The van der Waals surface area contributed by atoms with Crippen LogP contribution in [0.15, 0.2) is 53.5 Å². The van der Waals surface area contributed by atoms with Crippen molar-refractivity contribution in [2.24, 2.45) is 21.9 Å². The number of aryl methyl sites for hydroxylation is 1. The number of likely N-dealkylation sites (tertiary alicyclic amines) is 1. The third kappa shape index (κ3) is 5.55. The van der Waals surface area contributed by atoms with E-state index in [1.807, 2.05) is 35.2 Å². The van der Waals surface area contributed by atoms with Gasteiger partial charge in [0.15, 0.2) is 0 Å². The first-order valence-corrected chi connectivity index (χ1v) is 13.7. The molecule has 2 aromatic rings. The lowest BCUT2D eigenvalue weighted by Crippen LogP contribution is -2.49. The van der Waals surface area contributed by atoms with E-state index >= 15 is 0 Å². The van der Waals surface area contributed by atoms with Crippen molar-refractivity contribution in [2.45, 2.75) is 76.5 Å². The molecule has 8 nitrogen and oxygen atoms in total. The summed E-state index contributed by atoms with van der Waals surface area (Å²) in [4.78, 5) is 32.6. The van der Waals surface area contributed by atoms with Crippen LogP contribution in [-0.2, 0) is 21.7 Å². The van der Waals surface area contributed by atoms with E-state index in [0.717, 1.165) is 48.1 Å². The number of benzene rings is 2. The van der Waals surface area contributed by atoms with Gasteiger partial charge in [-0.05, 0) is 67.7 Å². The number of nitrogens with one attached hydrogen (secondary N) is 1. The van der Waals surface area contributed by atoms with Crippen LogP contribution < -0.4 is 21.5 Å². The molecule has 0 unspecified atom stereocenters. The molecule has 2 aromatic carbocycles. The topological polar surface area (TPSA) is 123 Å². The first-order valence-electron chi connectivity index (χ1n) is 13.7. The van der Waals surface area contributed by atoms with Gasteiger partial charge in [0.2, 0.25) is 11.8 Å². The summed E-state index contributed by atoms with van der Waals surface area (Å²) in [7, 11) is 0. The third-order valence-electron chi connectivity index (χ3n) is 8.24. The normalized spacial score (nSPS) is 25.0. The van der Waals surface area contributed by atoms with Crippen molar-refractivity contribution >= 4 is 17.6 Å². The van der Waals surface area contributed by atoms with Crippen LogP contribution >= 0.6 is 0 Å². The molecule has 0 bridgehead atoms. The number of fused-ring (bicyclic) bond motifs is 1. The van der Waals surface area contributed by atoms with Gasteiger partial charge in [0.05, 0.1) is 24.7 Å². The molecule has 3 atom stereocenters. The summed E-state index contributed by atoms with van der Waals surface area (Å²) in [5.74, 6) is 1.05. The Morgan fingerprint density at radius 1 is 1.16 bits per heavy atom. The van der Waals surface area contributed by atoms with Crippen molar-refractivity contribution < 1.29 is 14.3 Å². The number of aliphatic imine (C=N–C) groups is 1. The smallest absolute Gasteiger partial charge is 0.242 e. The Labute approximate surface area is 224 Å². The second-order valence-electron chi connectivity index (χ2n) is 11.4. The van der Waals surface area contributed by atoms with Gasteiger partial charge in [-0.3, -0.25) is 14.6 Å². The quantitative estimate of drug-likeness (QED) is 0.240. The van der Waals surface area contributed by atoms with E-state index in [0.29, 0.717) is 31.8 Å². The number of hydrogen-bond donors (Lipinski definition) is 3. The van der Waals surface area contributed by atoms with Crippen molar-refractivity contribution in [3.63, 3.8) is 0 Å². The highest BCUT2D eigenvalue weighted by Crippen LogP contribution is 2.59. The van der Waals surface area contributed by atoms with E-state index in [9.17, 15) is 9.59 Å². The van der Waals surface area contributed by atoms with Crippen LogP contribution in [0.1, 0.15) is 62.1 Å². The Balaban J connectivity index is 1.18. The number of piperidine rings is 1. The Morgan fingerprint density at radius 3 is 2.63 bits per heavy atom. The van der Waals surface area contributed by atoms with E-state index in [4.69, 9.17) is 21.2 Å². The third-order valence-corrected chi connectivity index (χ3v) is 8.24. The number of nitrogens with two attached hydrogens (primary N) is 2. The maximum atomic E-state index is 13.3. The van der Waals surface area contributed by atoms with E-state index in [1.165, 1.54) is 0 Å². The number of hydrogen-bond acceptors (Lipinski definition) is 5. The molecule has 2 amide bonds. The number of rotatable bonds is 11. The Morgan fingerprint density at radius 2 is 1.92 bits per heavy atom. The van der Waals surface area contributed by atoms with Crippen LogP contribution in [0.3, 0.4) is 0 Å². The molecule has 0 spiro atoms. The molecule has 5 N–H and O–H groups in total. The average Bonchev–Trinajstić information content (AvgIpc) is 3.81. The van der Waals surface area contributed by atoms with Gasteiger partial charge < -0.3 is 26.4 Å². The number of carbonyl (C=O) groups excluding carboxylic acids is 2. The van der Waals surface area contributed by atoms with Gasteiger partial charge in [-0.1, -0.05) is 48.9 Å². The maximum Gasteiger partial charge on any atom is 0.242 e. The minimum absolute atomic E-state index is 0.0301. The van der Waals surface area contributed by atoms with Crippen molar-refractivity contribution in [1.29, 1.82) is 0 Å². The molecule has 38 heavy (non-hydrogen) atoms. The van der Waals surface area contributed by atoms with Crippen molar-refractivity contribution in [1.82, 2.24) is 10.2 Å². The largest absolute Gasteiger partial charge is 0.494 e. The molecule has 202 valence electrons. The summed E-state index contributed by atoms with van der Waals surface area (Å²) in [5.41, 5.74) is 15.7. The van der Waals surface area contributed by atoms with E-state index < -0.39 is 0 Å². The van der Waals surface area contributed by atoms with Gasteiger partial charge in [-0.15, -0.1) is 0 Å². The average molecular weight is 518 g/mol. The summed E-state index contributed by atoms with van der Waals surface area (Å²) < 4.78 is 5.64. The van der Waals surface area contributed by atoms with E-state index in [-0.39, 0.29) is 41.4 Å². The van der Waals surface area contributed by atoms with Crippen LogP contribution in [-0.4, -0.2) is 47.8 Å². The van der Waals surface area contributed by atoms with Crippen molar-refractivity contribution in [3.05, 3.63) is 65.2 Å². The Hall–Kier alpha value is -3.39. The van der Waals surface area contributed by atoms with Crippen LogP contribution in [0, 0.1) is 12.3 Å². The van der Waals surface area contributed by atoms with Crippen LogP contribution in [0.5, 0.6) is 5.75 Å². The zero-order valence-electron chi connectivity index (χ0n) is 22.4. The molecule has 0 radical (unpaired) electrons. The Bertz CT molecular complexity index is 1230. The lowest BCUT2D eigenvalue weighted by atomic mass is 9.98. The van der Waals surface area contributed by atoms with Gasteiger partial charge in [0.1, 0.15) is 11.6 Å². The Kier molecular flexibility index (Phi) is 7.18. The highest BCUT2D eigenvalue weighted by Gasteiger charge is 2.63. The van der Waals surface area contributed by atoms with Crippen LogP contribution in [0.4, 0.5) is 0 Å². The lowest BCUT2D eigenvalue weighted by Gasteiger charge is -2.28. The first-order chi connectivity index (χ1) is 18.2. The number of ether oxygens (including phenoxy) is 1. The maximum absolute atomic E-state index is 13.3. The molecular formula is C30H39N5O3. The highest BCUT2D eigenvalue weighted by atomic mass is 16.5. The summed E-state index contributed by atoms with van der Waals surface area (Å²) in [6.45, 7) is 5.18. The van der Waals surface area contributed by atoms with Gasteiger partial charge in [-0.25, -0.2) is 0 Å². The minimum atomic E-state index is -0.321. The predicted molar refractivity (Wildman–Crippen MR) is 148 cm³/mol. The number of carbonyl (C=O) groups is 2.